The molecule has 5 heterocycles. The summed E-state index contributed by atoms with van der Waals surface area (Å²) >= 11 is 3.51. The molecule has 1 aliphatic heterocycles. The number of para-hydroxylation sites is 1. The zero-order chi connectivity index (χ0) is 28.2. The SMILES string of the molecule is COc1cc(C2c3c(c4ccccc4oc3=O)Oc3ncn4nc(-c5cccnc5)nc4c32)cc(Br)c1OC(C)=O. The summed E-state index contributed by atoms with van der Waals surface area (Å²) in [4.78, 5) is 39.0. The predicted molar refractivity (Wildman–Crippen MR) is 150 cm³/mol. The van der Waals surface area contributed by atoms with Gasteiger partial charge < -0.3 is 18.6 Å². The van der Waals surface area contributed by atoms with Gasteiger partial charge >= 0.3 is 11.6 Å². The number of methoxy groups -OCH3 is 1. The minimum atomic E-state index is -0.770. The summed E-state index contributed by atoms with van der Waals surface area (Å²) in [6.45, 7) is 1.30. The van der Waals surface area contributed by atoms with Crippen molar-refractivity contribution in [2.24, 2.45) is 0 Å². The van der Waals surface area contributed by atoms with Crippen LogP contribution in [0.5, 0.6) is 23.1 Å². The molecule has 0 fully saturated rings. The third-order valence-electron chi connectivity index (χ3n) is 6.71. The van der Waals surface area contributed by atoms with Gasteiger partial charge in [0.05, 0.1) is 34.0 Å². The van der Waals surface area contributed by atoms with Gasteiger partial charge in [-0.3, -0.25) is 9.78 Å². The number of ether oxygens (including phenoxy) is 3. The smallest absolute Gasteiger partial charge is 0.344 e. The monoisotopic (exact) mass is 611 g/mol. The number of pyridine rings is 1. The van der Waals surface area contributed by atoms with Gasteiger partial charge in [0.25, 0.3) is 0 Å². The van der Waals surface area contributed by atoms with Crippen molar-refractivity contribution in [1.29, 1.82) is 0 Å². The van der Waals surface area contributed by atoms with Crippen molar-refractivity contribution in [2.75, 3.05) is 7.11 Å². The van der Waals surface area contributed by atoms with Crippen molar-refractivity contribution in [3.63, 3.8) is 0 Å². The van der Waals surface area contributed by atoms with Crippen LogP contribution in [0.2, 0.25) is 0 Å². The molecule has 12 heteroatoms. The third kappa shape index (κ3) is 4.02. The quantitative estimate of drug-likeness (QED) is 0.147. The number of hydrogen-bond donors (Lipinski definition) is 0. The molecule has 11 nitrogen and oxygen atoms in total. The van der Waals surface area contributed by atoms with Gasteiger partial charge in [0.15, 0.2) is 28.7 Å². The molecule has 0 N–H and O–H groups in total. The highest BCUT2D eigenvalue weighted by Crippen LogP contribution is 2.51. The molecular formula is C29H18BrN5O6. The number of hydrogen-bond acceptors (Lipinski definition) is 10. The summed E-state index contributed by atoms with van der Waals surface area (Å²) < 4.78 is 25.0. The molecule has 2 aromatic carbocycles. The van der Waals surface area contributed by atoms with Crippen LogP contribution in [0.4, 0.5) is 0 Å². The molecule has 4 aromatic heterocycles. The Morgan fingerprint density at radius 3 is 2.76 bits per heavy atom. The van der Waals surface area contributed by atoms with Crippen LogP contribution < -0.4 is 19.8 Å². The number of fused-ring (bicyclic) bond motifs is 6. The zero-order valence-corrected chi connectivity index (χ0v) is 23.1. The van der Waals surface area contributed by atoms with E-state index in [-0.39, 0.29) is 22.9 Å². The van der Waals surface area contributed by atoms with Gasteiger partial charge in [-0.1, -0.05) is 12.1 Å². The van der Waals surface area contributed by atoms with Gasteiger partial charge in [0.2, 0.25) is 5.88 Å². The number of esters is 1. The summed E-state index contributed by atoms with van der Waals surface area (Å²) in [5, 5.41) is 5.21. The molecule has 0 spiro atoms. The zero-order valence-electron chi connectivity index (χ0n) is 21.5. The van der Waals surface area contributed by atoms with Crippen molar-refractivity contribution in [3.8, 4) is 34.5 Å². The molecule has 6 aromatic rings. The fourth-order valence-electron chi connectivity index (χ4n) is 5.03. The Bertz CT molecular complexity index is 2070. The van der Waals surface area contributed by atoms with Crippen LogP contribution in [0, 0.1) is 0 Å². The maximum atomic E-state index is 13.7. The van der Waals surface area contributed by atoms with Crippen LogP contribution in [0.3, 0.4) is 0 Å². The lowest BCUT2D eigenvalue weighted by molar-refractivity contribution is -0.132. The molecule has 0 aliphatic carbocycles. The second-order valence-corrected chi connectivity index (χ2v) is 10.1. The Kier molecular flexibility index (Phi) is 5.78. The molecule has 41 heavy (non-hydrogen) atoms. The van der Waals surface area contributed by atoms with E-state index in [0.717, 1.165) is 0 Å². The van der Waals surface area contributed by atoms with E-state index >= 15 is 0 Å². The first-order chi connectivity index (χ1) is 19.9. The van der Waals surface area contributed by atoms with E-state index < -0.39 is 17.5 Å². The molecule has 0 saturated carbocycles. The van der Waals surface area contributed by atoms with E-state index in [4.69, 9.17) is 23.6 Å². The van der Waals surface area contributed by atoms with Crippen molar-refractivity contribution in [2.45, 2.75) is 12.8 Å². The van der Waals surface area contributed by atoms with Crippen LogP contribution in [-0.4, -0.2) is 37.6 Å². The lowest BCUT2D eigenvalue weighted by atomic mass is 9.84. The van der Waals surface area contributed by atoms with Crippen molar-refractivity contribution in [1.82, 2.24) is 24.6 Å². The Hall–Kier alpha value is -5.10. The fourth-order valence-corrected chi connectivity index (χ4v) is 5.57. The van der Waals surface area contributed by atoms with Crippen LogP contribution >= 0.6 is 15.9 Å². The van der Waals surface area contributed by atoms with Gasteiger partial charge in [-0.2, -0.15) is 0 Å². The molecule has 7 rings (SSSR count). The molecular weight excluding hydrogens is 594 g/mol. The van der Waals surface area contributed by atoms with Gasteiger partial charge in [-0.05, 0) is 57.9 Å². The third-order valence-corrected chi connectivity index (χ3v) is 7.30. The maximum absolute atomic E-state index is 13.7. The lowest BCUT2D eigenvalue weighted by Gasteiger charge is -2.28. The summed E-state index contributed by atoms with van der Waals surface area (Å²) in [5.74, 6) is 0.220. The Morgan fingerprint density at radius 1 is 1.12 bits per heavy atom. The summed E-state index contributed by atoms with van der Waals surface area (Å²) in [7, 11) is 1.46. The number of carbonyl (C=O) groups is 1. The summed E-state index contributed by atoms with van der Waals surface area (Å²) in [5.41, 5.74) is 2.30. The van der Waals surface area contributed by atoms with Gasteiger partial charge in [-0.25, -0.2) is 19.3 Å². The van der Waals surface area contributed by atoms with E-state index in [1.165, 1.54) is 24.9 Å². The van der Waals surface area contributed by atoms with Crippen molar-refractivity contribution >= 4 is 38.5 Å². The molecule has 0 bridgehead atoms. The van der Waals surface area contributed by atoms with E-state index in [9.17, 15) is 9.59 Å². The second-order valence-electron chi connectivity index (χ2n) is 9.20. The standard InChI is InChI=1S/C29H18BrN5O6/c1-14(36)39-25-18(30)10-16(11-20(25)38-2)21-22-24(17-7-3-4-8-19(17)40-29(22)37)41-28-23(21)27-33-26(34-35(27)13-32-28)15-6-5-9-31-12-15/h3-13,21H,1-2H3. The summed E-state index contributed by atoms with van der Waals surface area (Å²) in [6, 6.07) is 14.2. The number of carbonyl (C=O) groups excluding carboxylic acids is 1. The molecule has 1 unspecified atom stereocenters. The predicted octanol–water partition coefficient (Wildman–Crippen LogP) is 5.28. The summed E-state index contributed by atoms with van der Waals surface area (Å²) in [6.07, 6.45) is 4.84. The number of halogens is 1. The highest BCUT2D eigenvalue weighted by Gasteiger charge is 2.38. The van der Waals surface area contributed by atoms with E-state index in [2.05, 4.69) is 31.0 Å². The highest BCUT2D eigenvalue weighted by molar-refractivity contribution is 9.10. The average molecular weight is 612 g/mol. The molecule has 0 radical (unpaired) electrons. The maximum Gasteiger partial charge on any atom is 0.344 e. The number of rotatable bonds is 4. The minimum Gasteiger partial charge on any atom is -0.493 e. The normalized spacial score (nSPS) is 13.9. The lowest BCUT2D eigenvalue weighted by Crippen LogP contribution is -2.22. The van der Waals surface area contributed by atoms with Gasteiger partial charge in [0.1, 0.15) is 11.9 Å². The first-order valence-corrected chi connectivity index (χ1v) is 13.2. The average Bonchev–Trinajstić information content (AvgIpc) is 3.42. The Labute approximate surface area is 239 Å². The molecule has 1 atom stereocenters. The Morgan fingerprint density at radius 2 is 1.98 bits per heavy atom. The Balaban J connectivity index is 1.55. The van der Waals surface area contributed by atoms with E-state index in [1.807, 2.05) is 18.2 Å². The van der Waals surface area contributed by atoms with Crippen LogP contribution in [0.1, 0.15) is 29.5 Å². The fraction of sp³-hybridized carbons (Fsp3) is 0.103. The van der Waals surface area contributed by atoms with E-state index in [0.29, 0.717) is 49.4 Å². The first kappa shape index (κ1) is 24.9. The molecule has 202 valence electrons. The number of nitrogens with zero attached hydrogens (tertiary/aromatic N) is 5. The molecule has 0 amide bonds. The second kappa shape index (κ2) is 9.52. The highest BCUT2D eigenvalue weighted by atomic mass is 79.9. The van der Waals surface area contributed by atoms with Crippen molar-refractivity contribution in [3.05, 3.63) is 98.8 Å². The van der Waals surface area contributed by atoms with Crippen LogP contribution in [0.25, 0.3) is 28.0 Å². The van der Waals surface area contributed by atoms with E-state index in [1.54, 1.807) is 42.7 Å². The first-order valence-electron chi connectivity index (χ1n) is 12.4. The minimum absolute atomic E-state index is 0.208. The molecule has 1 aliphatic rings. The number of aromatic nitrogens is 5. The van der Waals surface area contributed by atoms with Crippen LogP contribution in [-0.2, 0) is 4.79 Å². The topological polar surface area (TPSA) is 131 Å². The molecule has 0 saturated heterocycles. The van der Waals surface area contributed by atoms with Gasteiger partial charge in [-0.15, -0.1) is 5.10 Å². The largest absolute Gasteiger partial charge is 0.493 e. The van der Waals surface area contributed by atoms with Gasteiger partial charge in [0, 0.05) is 24.9 Å². The van der Waals surface area contributed by atoms with Crippen molar-refractivity contribution < 1.29 is 23.4 Å². The number of benzene rings is 2. The van der Waals surface area contributed by atoms with Crippen LogP contribution in [0.15, 0.2) is 80.9 Å².